The van der Waals surface area contributed by atoms with Crippen LogP contribution in [0.15, 0.2) is 59.2 Å². The maximum absolute atomic E-state index is 11.8. The number of methoxy groups -OCH3 is 1. The number of oxazole rings is 1. The number of hydrogen-bond acceptors (Lipinski definition) is 6. The zero-order chi connectivity index (χ0) is 21.5. The van der Waals surface area contributed by atoms with Crippen LogP contribution in [0.3, 0.4) is 0 Å². The summed E-state index contributed by atoms with van der Waals surface area (Å²) in [6.45, 7) is 1.84. The molecular weight excluding hydrogens is 388 g/mol. The normalized spacial score (nSPS) is 10.5. The summed E-state index contributed by atoms with van der Waals surface area (Å²) in [7, 11) is 1.21. The van der Waals surface area contributed by atoms with E-state index in [9.17, 15) is 9.59 Å². The van der Waals surface area contributed by atoms with Gasteiger partial charge in [0.2, 0.25) is 5.89 Å². The second-order valence-electron chi connectivity index (χ2n) is 6.67. The van der Waals surface area contributed by atoms with Crippen molar-refractivity contribution in [2.24, 2.45) is 0 Å². The van der Waals surface area contributed by atoms with E-state index in [0.717, 1.165) is 16.0 Å². The Hall–Kier alpha value is -3.81. The van der Waals surface area contributed by atoms with E-state index in [4.69, 9.17) is 14.3 Å². The average Bonchev–Trinajstić information content (AvgIpc) is 3.21. The molecule has 8 heteroatoms. The third-order valence-corrected chi connectivity index (χ3v) is 4.27. The van der Waals surface area contributed by atoms with Crippen molar-refractivity contribution in [2.45, 2.75) is 20.1 Å². The fourth-order valence-corrected chi connectivity index (χ4v) is 2.79. The van der Waals surface area contributed by atoms with Gasteiger partial charge in [-0.1, -0.05) is 29.8 Å². The largest absolute Gasteiger partial charge is 0.487 e. The minimum Gasteiger partial charge on any atom is -0.487 e. The number of benzene rings is 2. The molecule has 0 aliphatic rings. The Morgan fingerprint density at radius 1 is 1.17 bits per heavy atom. The van der Waals surface area contributed by atoms with Crippen molar-refractivity contribution in [3.63, 3.8) is 0 Å². The monoisotopic (exact) mass is 410 g/mol. The lowest BCUT2D eigenvalue weighted by Crippen LogP contribution is -2.35. The summed E-state index contributed by atoms with van der Waals surface area (Å²) in [5.41, 5.74) is 3.38. The number of carboxylic acids is 1. The molecule has 1 heterocycles. The zero-order valence-corrected chi connectivity index (χ0v) is 16.7. The van der Waals surface area contributed by atoms with Gasteiger partial charge in [-0.25, -0.2) is 9.78 Å². The molecule has 0 atom stereocenters. The Balaban J connectivity index is 1.63. The highest BCUT2D eigenvalue weighted by Gasteiger charge is 2.18. The lowest BCUT2D eigenvalue weighted by atomic mass is 10.1. The number of carbonyl (C=O) groups excluding carboxylic acids is 1. The number of rotatable bonds is 8. The molecule has 8 nitrogen and oxygen atoms in total. The lowest BCUT2D eigenvalue weighted by Gasteiger charge is -2.19. The van der Waals surface area contributed by atoms with Crippen molar-refractivity contribution >= 4 is 12.1 Å². The van der Waals surface area contributed by atoms with Crippen LogP contribution >= 0.6 is 0 Å². The topological polar surface area (TPSA) is 102 Å². The number of carbonyl (C=O) groups is 2. The number of nitrogens with zero attached hydrogens (tertiary/aromatic N) is 2. The fraction of sp³-hybridized carbons (Fsp3) is 0.227. The van der Waals surface area contributed by atoms with E-state index in [1.165, 1.54) is 7.11 Å². The minimum atomic E-state index is -1.12. The molecule has 0 spiro atoms. The van der Waals surface area contributed by atoms with E-state index in [1.807, 2.05) is 31.2 Å². The molecule has 3 aromatic rings. The Bertz CT molecular complexity index is 1010. The predicted molar refractivity (Wildman–Crippen MR) is 108 cm³/mol. The molecule has 0 saturated heterocycles. The fourth-order valence-electron chi connectivity index (χ4n) is 2.79. The second-order valence-corrected chi connectivity index (χ2v) is 6.67. The van der Waals surface area contributed by atoms with Crippen molar-refractivity contribution in [3.8, 4) is 17.2 Å². The van der Waals surface area contributed by atoms with E-state index < -0.39 is 18.6 Å². The molecule has 0 saturated carbocycles. The van der Waals surface area contributed by atoms with Gasteiger partial charge in [-0.2, -0.15) is 0 Å². The first-order chi connectivity index (χ1) is 14.4. The molecule has 0 fully saturated rings. The number of amides is 1. The van der Waals surface area contributed by atoms with Gasteiger partial charge in [0.25, 0.3) is 0 Å². The molecule has 30 heavy (non-hydrogen) atoms. The van der Waals surface area contributed by atoms with Crippen LogP contribution in [-0.2, 0) is 22.7 Å². The Labute approximate surface area is 173 Å². The Morgan fingerprint density at radius 3 is 2.63 bits per heavy atom. The molecule has 3 rings (SSSR count). The number of aryl methyl sites for hydroxylation is 1. The van der Waals surface area contributed by atoms with Gasteiger partial charge >= 0.3 is 12.1 Å². The van der Waals surface area contributed by atoms with Crippen LogP contribution in [0.4, 0.5) is 4.79 Å². The van der Waals surface area contributed by atoms with Crippen molar-refractivity contribution < 1.29 is 28.6 Å². The Kier molecular flexibility index (Phi) is 6.69. The van der Waals surface area contributed by atoms with Gasteiger partial charge in [0.15, 0.2) is 0 Å². The SMILES string of the molecule is COC(=O)N(CC(=O)O)Cc1cccc(OCc2coc(-c3ccc(C)cc3)n2)c1. The van der Waals surface area contributed by atoms with Gasteiger partial charge in [0, 0.05) is 12.1 Å². The summed E-state index contributed by atoms with van der Waals surface area (Å²) in [6, 6.07) is 14.9. The first-order valence-corrected chi connectivity index (χ1v) is 9.22. The van der Waals surface area contributed by atoms with Crippen LogP contribution in [0, 0.1) is 6.92 Å². The first-order valence-electron chi connectivity index (χ1n) is 9.22. The molecule has 0 bridgehead atoms. The summed E-state index contributed by atoms with van der Waals surface area (Å²) in [5.74, 6) is -0.0412. The summed E-state index contributed by atoms with van der Waals surface area (Å²) in [5, 5.41) is 8.98. The van der Waals surface area contributed by atoms with Gasteiger partial charge in [0.05, 0.1) is 7.11 Å². The molecule has 0 aliphatic carbocycles. The minimum absolute atomic E-state index is 0.0811. The van der Waals surface area contributed by atoms with Crippen LogP contribution in [-0.4, -0.2) is 40.7 Å². The molecule has 0 unspecified atom stereocenters. The second kappa shape index (κ2) is 9.60. The molecule has 2 aromatic carbocycles. The number of aromatic nitrogens is 1. The van der Waals surface area contributed by atoms with Crippen LogP contribution < -0.4 is 4.74 Å². The number of hydrogen-bond donors (Lipinski definition) is 1. The van der Waals surface area contributed by atoms with Crippen molar-refractivity contribution in [1.29, 1.82) is 0 Å². The van der Waals surface area contributed by atoms with Gasteiger partial charge in [-0.05, 0) is 36.8 Å². The Morgan fingerprint density at radius 2 is 1.93 bits per heavy atom. The quantitative estimate of drug-likeness (QED) is 0.601. The molecule has 0 radical (unpaired) electrons. The third kappa shape index (κ3) is 5.60. The van der Waals surface area contributed by atoms with E-state index >= 15 is 0 Å². The highest BCUT2D eigenvalue weighted by atomic mass is 16.5. The third-order valence-electron chi connectivity index (χ3n) is 4.27. The summed E-state index contributed by atoms with van der Waals surface area (Å²) in [6.07, 6.45) is 0.834. The average molecular weight is 410 g/mol. The van der Waals surface area contributed by atoms with Crippen LogP contribution in [0.1, 0.15) is 16.8 Å². The van der Waals surface area contributed by atoms with Crippen molar-refractivity contribution in [2.75, 3.05) is 13.7 Å². The molecule has 1 amide bonds. The summed E-state index contributed by atoms with van der Waals surface area (Å²) in [4.78, 5) is 28.3. The van der Waals surface area contributed by atoms with Crippen LogP contribution in [0.5, 0.6) is 5.75 Å². The smallest absolute Gasteiger partial charge is 0.410 e. The number of ether oxygens (including phenoxy) is 2. The van der Waals surface area contributed by atoms with E-state index in [-0.39, 0.29) is 13.2 Å². The first kappa shape index (κ1) is 20.9. The number of carboxylic acid groups (broad SMARTS) is 1. The van der Waals surface area contributed by atoms with E-state index in [0.29, 0.717) is 22.9 Å². The highest BCUT2D eigenvalue weighted by molar-refractivity contribution is 5.76. The molecule has 1 N–H and O–H groups in total. The van der Waals surface area contributed by atoms with Crippen LogP contribution in [0.2, 0.25) is 0 Å². The maximum Gasteiger partial charge on any atom is 0.410 e. The predicted octanol–water partition coefficient (Wildman–Crippen LogP) is 3.88. The summed E-state index contributed by atoms with van der Waals surface area (Å²) < 4.78 is 15.9. The van der Waals surface area contributed by atoms with E-state index in [1.54, 1.807) is 30.5 Å². The van der Waals surface area contributed by atoms with Gasteiger partial charge in [-0.15, -0.1) is 0 Å². The lowest BCUT2D eigenvalue weighted by molar-refractivity contribution is -0.138. The zero-order valence-electron chi connectivity index (χ0n) is 16.7. The molecule has 156 valence electrons. The van der Waals surface area contributed by atoms with Crippen molar-refractivity contribution in [3.05, 3.63) is 71.6 Å². The van der Waals surface area contributed by atoms with Gasteiger partial charge in [0.1, 0.15) is 30.9 Å². The maximum atomic E-state index is 11.8. The standard InChI is InChI=1S/C22H22N2O6/c1-15-6-8-17(9-7-15)21-23-18(14-30-21)13-29-19-5-3-4-16(10-19)11-24(12-20(25)26)22(27)28-2/h3-10,14H,11-13H2,1-2H3,(H,25,26). The molecular formula is C22H22N2O6. The molecule has 1 aromatic heterocycles. The van der Waals surface area contributed by atoms with Crippen molar-refractivity contribution in [1.82, 2.24) is 9.88 Å². The van der Waals surface area contributed by atoms with Gasteiger partial charge < -0.3 is 19.0 Å². The van der Waals surface area contributed by atoms with Crippen LogP contribution in [0.25, 0.3) is 11.5 Å². The van der Waals surface area contributed by atoms with E-state index in [2.05, 4.69) is 9.72 Å². The number of aliphatic carboxylic acids is 1. The highest BCUT2D eigenvalue weighted by Crippen LogP contribution is 2.21. The van der Waals surface area contributed by atoms with Gasteiger partial charge in [-0.3, -0.25) is 9.69 Å². The summed E-state index contributed by atoms with van der Waals surface area (Å²) >= 11 is 0. The molecule has 0 aliphatic heterocycles.